The monoisotopic (exact) mass is 340 g/mol. The molecule has 0 spiro atoms. The number of ether oxygens (including phenoxy) is 1. The van der Waals surface area contributed by atoms with E-state index in [-0.39, 0.29) is 5.56 Å². The molecule has 0 amide bonds. The number of rotatable bonds is 4. The highest BCUT2D eigenvalue weighted by molar-refractivity contribution is 7.13. The van der Waals surface area contributed by atoms with Gasteiger partial charge in [-0.3, -0.25) is 4.79 Å². The van der Waals surface area contributed by atoms with Crippen molar-refractivity contribution in [2.75, 3.05) is 19.7 Å². The van der Waals surface area contributed by atoms with Crippen molar-refractivity contribution < 1.29 is 4.74 Å². The molecule has 4 nitrogen and oxygen atoms in total. The Labute approximate surface area is 144 Å². The van der Waals surface area contributed by atoms with Crippen LogP contribution >= 0.6 is 11.3 Å². The van der Waals surface area contributed by atoms with Gasteiger partial charge in [0.1, 0.15) is 5.75 Å². The molecule has 3 aromatic rings. The number of piperidine rings is 1. The molecule has 1 unspecified atom stereocenters. The molecule has 124 valence electrons. The van der Waals surface area contributed by atoms with Crippen molar-refractivity contribution in [1.29, 1.82) is 0 Å². The van der Waals surface area contributed by atoms with Crippen LogP contribution in [-0.2, 0) is 0 Å². The Morgan fingerprint density at radius 3 is 2.92 bits per heavy atom. The number of H-pyrrole nitrogens is 1. The van der Waals surface area contributed by atoms with Gasteiger partial charge in [0.15, 0.2) is 0 Å². The van der Waals surface area contributed by atoms with Crippen molar-refractivity contribution in [1.82, 2.24) is 10.3 Å². The van der Waals surface area contributed by atoms with Crippen LogP contribution in [0.4, 0.5) is 0 Å². The normalized spacial score (nSPS) is 17.9. The summed E-state index contributed by atoms with van der Waals surface area (Å²) >= 11 is 1.56. The number of para-hydroxylation sites is 1. The molecular formula is C19H20N2O2S. The van der Waals surface area contributed by atoms with E-state index in [1.165, 1.54) is 12.8 Å². The second-order valence-corrected chi connectivity index (χ2v) is 7.15. The highest BCUT2D eigenvalue weighted by Crippen LogP contribution is 2.35. The number of thiophene rings is 1. The van der Waals surface area contributed by atoms with Crippen LogP contribution in [0.3, 0.4) is 0 Å². The van der Waals surface area contributed by atoms with Crippen LogP contribution in [0.15, 0.2) is 46.6 Å². The summed E-state index contributed by atoms with van der Waals surface area (Å²) in [7, 11) is 0. The number of hydrogen-bond acceptors (Lipinski definition) is 4. The van der Waals surface area contributed by atoms with Crippen LogP contribution in [0.1, 0.15) is 12.8 Å². The van der Waals surface area contributed by atoms with Gasteiger partial charge >= 0.3 is 0 Å². The molecular weight excluding hydrogens is 320 g/mol. The van der Waals surface area contributed by atoms with Gasteiger partial charge in [-0.2, -0.15) is 0 Å². The Hall–Kier alpha value is -2.11. The van der Waals surface area contributed by atoms with E-state index in [0.717, 1.165) is 28.9 Å². The van der Waals surface area contributed by atoms with E-state index in [1.54, 1.807) is 11.3 Å². The standard InChI is InChI=1S/C19H20N2O2S/c22-19-17(16-8-4-10-24-16)18(14-6-1-2-7-15(14)21-19)23-12-13-5-3-9-20-11-13/h1-2,4,6-8,10,13,20H,3,5,9,11-12H2,(H,21,22). The molecule has 4 rings (SSSR count). The molecule has 1 aromatic carbocycles. The van der Waals surface area contributed by atoms with E-state index in [2.05, 4.69) is 10.3 Å². The number of aromatic nitrogens is 1. The maximum Gasteiger partial charge on any atom is 0.260 e. The molecule has 1 atom stereocenters. The third kappa shape index (κ3) is 2.97. The number of nitrogens with one attached hydrogen (secondary N) is 2. The first kappa shape index (κ1) is 15.4. The largest absolute Gasteiger partial charge is 0.492 e. The van der Waals surface area contributed by atoms with Gasteiger partial charge in [0, 0.05) is 22.7 Å². The number of hydrogen-bond donors (Lipinski definition) is 2. The van der Waals surface area contributed by atoms with E-state index >= 15 is 0 Å². The van der Waals surface area contributed by atoms with Gasteiger partial charge in [-0.1, -0.05) is 18.2 Å². The van der Waals surface area contributed by atoms with Crippen molar-refractivity contribution >= 4 is 22.2 Å². The van der Waals surface area contributed by atoms with Gasteiger partial charge < -0.3 is 15.0 Å². The number of aromatic amines is 1. The smallest absolute Gasteiger partial charge is 0.260 e. The summed E-state index contributed by atoms with van der Waals surface area (Å²) in [5.74, 6) is 1.20. The van der Waals surface area contributed by atoms with E-state index in [4.69, 9.17) is 4.74 Å². The maximum atomic E-state index is 12.7. The third-order valence-corrected chi connectivity index (χ3v) is 5.39. The summed E-state index contributed by atoms with van der Waals surface area (Å²) in [5.41, 5.74) is 1.37. The predicted molar refractivity (Wildman–Crippen MR) is 99.0 cm³/mol. The molecule has 0 saturated carbocycles. The van der Waals surface area contributed by atoms with Crippen LogP contribution in [0.2, 0.25) is 0 Å². The summed E-state index contributed by atoms with van der Waals surface area (Å²) in [6.07, 6.45) is 2.35. The lowest BCUT2D eigenvalue weighted by Crippen LogP contribution is -2.33. The first-order valence-corrected chi connectivity index (χ1v) is 9.23. The van der Waals surface area contributed by atoms with Crippen molar-refractivity contribution in [2.24, 2.45) is 5.92 Å². The second kappa shape index (κ2) is 6.79. The Morgan fingerprint density at radius 2 is 2.12 bits per heavy atom. The average Bonchev–Trinajstić information content (AvgIpc) is 3.14. The predicted octanol–water partition coefficient (Wildman–Crippen LogP) is 3.64. The van der Waals surface area contributed by atoms with Crippen molar-refractivity contribution in [2.45, 2.75) is 12.8 Å². The number of pyridine rings is 1. The first-order valence-electron chi connectivity index (χ1n) is 8.35. The molecule has 0 aliphatic carbocycles. The first-order chi connectivity index (χ1) is 11.8. The van der Waals surface area contributed by atoms with Gasteiger partial charge in [-0.25, -0.2) is 0 Å². The molecule has 1 fully saturated rings. The van der Waals surface area contributed by atoms with Crippen LogP contribution < -0.4 is 15.6 Å². The molecule has 1 aliphatic rings. The minimum Gasteiger partial charge on any atom is -0.492 e. The lowest BCUT2D eigenvalue weighted by molar-refractivity contribution is 0.221. The lowest BCUT2D eigenvalue weighted by atomic mass is 10.0. The fourth-order valence-corrected chi connectivity index (χ4v) is 4.04. The molecule has 2 N–H and O–H groups in total. The van der Waals surface area contributed by atoms with E-state index < -0.39 is 0 Å². The highest BCUT2D eigenvalue weighted by Gasteiger charge is 2.19. The van der Waals surface area contributed by atoms with E-state index in [1.807, 2.05) is 41.8 Å². The molecule has 0 radical (unpaired) electrons. The van der Waals surface area contributed by atoms with Gasteiger partial charge in [-0.05, 0) is 43.0 Å². The number of benzene rings is 1. The SMILES string of the molecule is O=c1[nH]c2ccccc2c(OCC2CCCNC2)c1-c1cccs1. The van der Waals surface area contributed by atoms with Crippen LogP contribution in [0.25, 0.3) is 21.3 Å². The Bertz CT molecular complexity index is 880. The highest BCUT2D eigenvalue weighted by atomic mass is 32.1. The third-order valence-electron chi connectivity index (χ3n) is 4.50. The minimum atomic E-state index is -0.0899. The van der Waals surface area contributed by atoms with Crippen LogP contribution in [-0.4, -0.2) is 24.7 Å². The number of fused-ring (bicyclic) bond motifs is 1. The Morgan fingerprint density at radius 1 is 1.21 bits per heavy atom. The second-order valence-electron chi connectivity index (χ2n) is 6.20. The zero-order chi connectivity index (χ0) is 16.4. The molecule has 24 heavy (non-hydrogen) atoms. The van der Waals surface area contributed by atoms with E-state index in [9.17, 15) is 4.79 Å². The van der Waals surface area contributed by atoms with Crippen molar-refractivity contribution in [3.05, 3.63) is 52.1 Å². The Kier molecular flexibility index (Phi) is 4.36. The summed E-state index contributed by atoms with van der Waals surface area (Å²) in [6, 6.07) is 11.8. The van der Waals surface area contributed by atoms with Crippen LogP contribution in [0, 0.1) is 5.92 Å². The summed E-state index contributed by atoms with van der Waals surface area (Å²) < 4.78 is 6.24. The molecule has 0 bridgehead atoms. The van der Waals surface area contributed by atoms with Crippen molar-refractivity contribution in [3.63, 3.8) is 0 Å². The summed E-state index contributed by atoms with van der Waals surface area (Å²) in [6.45, 7) is 2.71. The molecule has 2 aromatic heterocycles. The van der Waals surface area contributed by atoms with Gasteiger partial charge in [-0.15, -0.1) is 11.3 Å². The van der Waals surface area contributed by atoms with E-state index in [0.29, 0.717) is 23.8 Å². The summed E-state index contributed by atoms with van der Waals surface area (Å²) in [5, 5.41) is 6.36. The molecule has 3 heterocycles. The lowest BCUT2D eigenvalue weighted by Gasteiger charge is -2.23. The topological polar surface area (TPSA) is 54.1 Å². The fourth-order valence-electron chi connectivity index (χ4n) is 3.27. The molecule has 5 heteroatoms. The van der Waals surface area contributed by atoms with Crippen LogP contribution in [0.5, 0.6) is 5.75 Å². The average molecular weight is 340 g/mol. The van der Waals surface area contributed by atoms with Gasteiger partial charge in [0.25, 0.3) is 5.56 Å². The molecule has 1 saturated heterocycles. The fraction of sp³-hybridized carbons (Fsp3) is 0.316. The van der Waals surface area contributed by atoms with Gasteiger partial charge in [0.05, 0.1) is 17.7 Å². The zero-order valence-corrected chi connectivity index (χ0v) is 14.2. The quantitative estimate of drug-likeness (QED) is 0.762. The zero-order valence-electron chi connectivity index (χ0n) is 13.4. The summed E-state index contributed by atoms with van der Waals surface area (Å²) in [4.78, 5) is 16.6. The van der Waals surface area contributed by atoms with Crippen molar-refractivity contribution in [3.8, 4) is 16.2 Å². The molecule has 1 aliphatic heterocycles. The Balaban J connectivity index is 1.78. The van der Waals surface area contributed by atoms with Gasteiger partial charge in [0.2, 0.25) is 0 Å². The maximum absolute atomic E-state index is 12.7. The minimum absolute atomic E-state index is 0.0899.